The molecule has 1 aliphatic heterocycles. The van der Waals surface area contributed by atoms with Crippen molar-refractivity contribution in [1.82, 2.24) is 0 Å². The largest absolute Gasteiger partial charge is 0.402 e. The minimum absolute atomic E-state index is 0.239. The Hall–Kier alpha value is -2.04. The molecule has 5 heteroatoms. The highest BCUT2D eigenvalue weighted by atomic mass is 35.5. The standard InChI is InChI=1S/C17H12ClNO2S/c1-22-12-8-6-11(7-9-12)10-15-17(20)21-16(19-15)13-4-2-3-5-14(13)18/h2-10H,1H3/b15-10-. The molecule has 0 aromatic heterocycles. The molecule has 0 saturated heterocycles. The van der Waals surface area contributed by atoms with E-state index < -0.39 is 5.97 Å². The van der Waals surface area contributed by atoms with Gasteiger partial charge < -0.3 is 4.74 Å². The van der Waals surface area contributed by atoms with Crippen LogP contribution in [0.4, 0.5) is 0 Å². The highest BCUT2D eigenvalue weighted by molar-refractivity contribution is 7.98. The summed E-state index contributed by atoms with van der Waals surface area (Å²) in [7, 11) is 0. The predicted octanol–water partition coefficient (Wildman–Crippen LogP) is 4.41. The van der Waals surface area contributed by atoms with Crippen molar-refractivity contribution in [1.29, 1.82) is 0 Å². The first-order valence-corrected chi connectivity index (χ1v) is 8.19. The Balaban J connectivity index is 1.92. The summed E-state index contributed by atoms with van der Waals surface area (Å²) < 4.78 is 5.21. The van der Waals surface area contributed by atoms with Crippen LogP contribution in [-0.2, 0) is 9.53 Å². The van der Waals surface area contributed by atoms with Crippen molar-refractivity contribution < 1.29 is 9.53 Å². The van der Waals surface area contributed by atoms with Crippen molar-refractivity contribution in [2.24, 2.45) is 4.99 Å². The number of aliphatic imine (C=N–C) groups is 1. The van der Waals surface area contributed by atoms with Gasteiger partial charge in [0.25, 0.3) is 0 Å². The fourth-order valence-electron chi connectivity index (χ4n) is 2.02. The Morgan fingerprint density at radius 1 is 1.14 bits per heavy atom. The first-order chi connectivity index (χ1) is 10.7. The van der Waals surface area contributed by atoms with E-state index in [-0.39, 0.29) is 11.6 Å². The molecular formula is C17H12ClNO2S. The van der Waals surface area contributed by atoms with Gasteiger partial charge in [-0.3, -0.25) is 0 Å². The van der Waals surface area contributed by atoms with Crippen LogP contribution >= 0.6 is 23.4 Å². The predicted molar refractivity (Wildman–Crippen MR) is 90.3 cm³/mol. The lowest BCUT2D eigenvalue weighted by Gasteiger charge is -2.00. The number of halogens is 1. The highest BCUT2D eigenvalue weighted by Gasteiger charge is 2.25. The number of nitrogens with zero attached hydrogens (tertiary/aromatic N) is 1. The fraction of sp³-hybridized carbons (Fsp3) is 0.0588. The minimum Gasteiger partial charge on any atom is -0.402 e. The van der Waals surface area contributed by atoms with Gasteiger partial charge >= 0.3 is 5.97 Å². The van der Waals surface area contributed by atoms with E-state index in [2.05, 4.69) is 4.99 Å². The van der Waals surface area contributed by atoms with E-state index in [4.69, 9.17) is 16.3 Å². The molecule has 0 spiro atoms. The first-order valence-electron chi connectivity index (χ1n) is 6.59. The zero-order chi connectivity index (χ0) is 15.5. The summed E-state index contributed by atoms with van der Waals surface area (Å²) in [5.74, 6) is -0.230. The molecule has 0 N–H and O–H groups in total. The lowest BCUT2D eigenvalue weighted by atomic mass is 10.2. The first kappa shape index (κ1) is 14.9. The van der Waals surface area contributed by atoms with Crippen LogP contribution < -0.4 is 0 Å². The van der Waals surface area contributed by atoms with Gasteiger partial charge in [-0.15, -0.1) is 11.8 Å². The van der Waals surface area contributed by atoms with Crippen LogP contribution in [0, 0.1) is 0 Å². The molecule has 1 aliphatic rings. The number of hydrogen-bond acceptors (Lipinski definition) is 4. The molecule has 2 aromatic rings. The Morgan fingerprint density at radius 3 is 2.55 bits per heavy atom. The number of rotatable bonds is 3. The summed E-state index contributed by atoms with van der Waals surface area (Å²) in [5.41, 5.74) is 1.78. The summed E-state index contributed by atoms with van der Waals surface area (Å²) >= 11 is 7.76. The number of carbonyl (C=O) groups is 1. The van der Waals surface area contributed by atoms with E-state index >= 15 is 0 Å². The van der Waals surface area contributed by atoms with Gasteiger partial charge in [0.1, 0.15) is 0 Å². The van der Waals surface area contributed by atoms with Crippen LogP contribution in [0.1, 0.15) is 11.1 Å². The molecule has 1 heterocycles. The number of ether oxygens (including phenoxy) is 1. The van der Waals surface area contributed by atoms with Gasteiger partial charge in [0.05, 0.1) is 10.6 Å². The Labute approximate surface area is 137 Å². The molecule has 0 unspecified atom stereocenters. The average molecular weight is 330 g/mol. The van der Waals surface area contributed by atoms with E-state index in [1.807, 2.05) is 42.7 Å². The van der Waals surface area contributed by atoms with Crippen molar-refractivity contribution in [2.75, 3.05) is 6.26 Å². The lowest BCUT2D eigenvalue weighted by molar-refractivity contribution is -0.129. The number of cyclic esters (lactones) is 1. The quantitative estimate of drug-likeness (QED) is 0.476. The molecule has 22 heavy (non-hydrogen) atoms. The molecule has 110 valence electrons. The zero-order valence-electron chi connectivity index (χ0n) is 11.7. The molecule has 0 radical (unpaired) electrons. The minimum atomic E-state index is -0.469. The second-order valence-corrected chi connectivity index (χ2v) is 5.88. The molecule has 3 nitrogen and oxygen atoms in total. The van der Waals surface area contributed by atoms with E-state index in [1.165, 1.54) is 0 Å². The zero-order valence-corrected chi connectivity index (χ0v) is 13.3. The third kappa shape index (κ3) is 3.08. The van der Waals surface area contributed by atoms with Crippen LogP contribution in [-0.4, -0.2) is 18.1 Å². The summed E-state index contributed by atoms with van der Waals surface area (Å²) in [6, 6.07) is 15.0. The number of benzene rings is 2. The molecule has 0 amide bonds. The Bertz CT molecular complexity index is 782. The molecule has 0 bridgehead atoms. The fourth-order valence-corrected chi connectivity index (χ4v) is 2.64. The van der Waals surface area contributed by atoms with Crippen molar-refractivity contribution in [3.63, 3.8) is 0 Å². The average Bonchev–Trinajstić information content (AvgIpc) is 2.89. The van der Waals surface area contributed by atoms with Crippen LogP contribution in [0.5, 0.6) is 0 Å². The van der Waals surface area contributed by atoms with Crippen LogP contribution in [0.25, 0.3) is 6.08 Å². The van der Waals surface area contributed by atoms with Gasteiger partial charge in [0.2, 0.25) is 5.90 Å². The lowest BCUT2D eigenvalue weighted by Crippen LogP contribution is -2.05. The molecular weight excluding hydrogens is 318 g/mol. The smallest absolute Gasteiger partial charge is 0.363 e. The Morgan fingerprint density at radius 2 is 1.86 bits per heavy atom. The third-order valence-electron chi connectivity index (χ3n) is 3.14. The van der Waals surface area contributed by atoms with Gasteiger partial charge in [0.15, 0.2) is 5.70 Å². The normalized spacial score (nSPS) is 15.8. The van der Waals surface area contributed by atoms with Gasteiger partial charge in [-0.25, -0.2) is 9.79 Å². The maximum Gasteiger partial charge on any atom is 0.363 e. The summed E-state index contributed by atoms with van der Waals surface area (Å²) in [6.45, 7) is 0. The number of thioether (sulfide) groups is 1. The van der Waals surface area contributed by atoms with Crippen molar-refractivity contribution >= 4 is 41.3 Å². The number of esters is 1. The topological polar surface area (TPSA) is 38.7 Å². The molecule has 3 rings (SSSR count). The van der Waals surface area contributed by atoms with Crippen molar-refractivity contribution in [3.05, 3.63) is 70.4 Å². The Kier molecular flexibility index (Phi) is 4.32. The van der Waals surface area contributed by atoms with Crippen molar-refractivity contribution in [3.8, 4) is 0 Å². The van der Waals surface area contributed by atoms with E-state index in [9.17, 15) is 4.79 Å². The second-order valence-electron chi connectivity index (χ2n) is 4.59. The third-order valence-corrected chi connectivity index (χ3v) is 4.22. The van der Waals surface area contributed by atoms with E-state index in [0.717, 1.165) is 10.5 Å². The number of carbonyl (C=O) groups excluding carboxylic acids is 1. The molecule has 0 fully saturated rings. The SMILES string of the molecule is CSc1ccc(/C=C2\N=C(c3ccccc3Cl)OC2=O)cc1. The highest BCUT2D eigenvalue weighted by Crippen LogP contribution is 2.24. The van der Waals surface area contributed by atoms with Gasteiger partial charge in [-0.2, -0.15) is 0 Å². The van der Waals surface area contributed by atoms with Crippen LogP contribution in [0.15, 0.2) is 64.1 Å². The van der Waals surface area contributed by atoms with Crippen LogP contribution in [0.3, 0.4) is 0 Å². The van der Waals surface area contributed by atoms with Crippen molar-refractivity contribution in [2.45, 2.75) is 4.90 Å². The molecule has 0 saturated carbocycles. The summed E-state index contributed by atoms with van der Waals surface area (Å²) in [5, 5.41) is 0.500. The van der Waals surface area contributed by atoms with E-state index in [1.54, 1.807) is 30.0 Å². The maximum absolute atomic E-state index is 11.9. The van der Waals surface area contributed by atoms with Gasteiger partial charge in [-0.1, -0.05) is 35.9 Å². The monoisotopic (exact) mass is 329 g/mol. The van der Waals surface area contributed by atoms with Gasteiger partial charge in [-0.05, 0) is 42.2 Å². The molecule has 0 atom stereocenters. The summed E-state index contributed by atoms with van der Waals surface area (Å²) in [6.07, 6.45) is 3.72. The summed E-state index contributed by atoms with van der Waals surface area (Å²) in [4.78, 5) is 17.4. The second kappa shape index (κ2) is 6.38. The number of hydrogen-bond donors (Lipinski definition) is 0. The van der Waals surface area contributed by atoms with Crippen LogP contribution in [0.2, 0.25) is 5.02 Å². The molecule has 0 aliphatic carbocycles. The van der Waals surface area contributed by atoms with Gasteiger partial charge in [0, 0.05) is 4.90 Å². The molecule has 2 aromatic carbocycles. The van der Waals surface area contributed by atoms with E-state index in [0.29, 0.717) is 10.6 Å². The maximum atomic E-state index is 11.9.